The summed E-state index contributed by atoms with van der Waals surface area (Å²) >= 11 is 0. The van der Waals surface area contributed by atoms with Crippen LogP contribution in [0.5, 0.6) is 0 Å². The van der Waals surface area contributed by atoms with Crippen molar-refractivity contribution in [3.8, 4) is 0 Å². The molecular formula is C16H17NO5S2. The third-order valence-electron chi connectivity index (χ3n) is 3.91. The molecule has 6 nitrogen and oxygen atoms in total. The van der Waals surface area contributed by atoms with Crippen LogP contribution in [0.3, 0.4) is 0 Å². The monoisotopic (exact) mass is 367 g/mol. The minimum atomic E-state index is -4.01. The number of hydrogen-bond acceptors (Lipinski definition) is 5. The van der Waals surface area contributed by atoms with Crippen LogP contribution in [0, 0.1) is 0 Å². The Morgan fingerprint density at radius 2 is 1.46 bits per heavy atom. The Morgan fingerprint density at radius 1 is 0.917 bits per heavy atom. The number of benzene rings is 2. The summed E-state index contributed by atoms with van der Waals surface area (Å²) in [5, 5.41) is 10.2. The summed E-state index contributed by atoms with van der Waals surface area (Å²) in [5.74, 6) is -0.847. The molecule has 24 heavy (non-hydrogen) atoms. The third-order valence-corrected chi connectivity index (χ3v) is 7.47. The van der Waals surface area contributed by atoms with Crippen molar-refractivity contribution in [2.45, 2.75) is 17.0 Å². The van der Waals surface area contributed by atoms with E-state index < -0.39 is 43.5 Å². The van der Waals surface area contributed by atoms with Crippen molar-refractivity contribution in [3.63, 3.8) is 0 Å². The summed E-state index contributed by atoms with van der Waals surface area (Å²) in [4.78, 5) is 0.0466. The number of para-hydroxylation sites is 1. The predicted molar refractivity (Wildman–Crippen MR) is 91.0 cm³/mol. The van der Waals surface area contributed by atoms with E-state index in [0.29, 0.717) is 5.69 Å². The second-order valence-corrected chi connectivity index (χ2v) is 9.63. The fourth-order valence-electron chi connectivity index (χ4n) is 2.82. The Morgan fingerprint density at radius 3 is 1.96 bits per heavy atom. The highest BCUT2D eigenvalue weighted by Crippen LogP contribution is 2.30. The van der Waals surface area contributed by atoms with E-state index >= 15 is 0 Å². The zero-order valence-electron chi connectivity index (χ0n) is 12.7. The maximum absolute atomic E-state index is 13.1. The molecule has 128 valence electrons. The van der Waals surface area contributed by atoms with Crippen LogP contribution in [0.2, 0.25) is 0 Å². The van der Waals surface area contributed by atoms with Gasteiger partial charge in [-0.2, -0.15) is 0 Å². The minimum absolute atomic E-state index is 0.0466. The van der Waals surface area contributed by atoms with E-state index in [1.54, 1.807) is 48.5 Å². The number of rotatable bonds is 4. The lowest BCUT2D eigenvalue weighted by molar-refractivity contribution is 0.184. The fourth-order valence-corrected chi connectivity index (χ4v) is 6.39. The number of sulfone groups is 1. The van der Waals surface area contributed by atoms with Gasteiger partial charge in [0.15, 0.2) is 9.84 Å². The van der Waals surface area contributed by atoms with Crippen molar-refractivity contribution in [2.75, 3.05) is 15.8 Å². The van der Waals surface area contributed by atoms with Gasteiger partial charge in [0.1, 0.15) is 0 Å². The molecule has 2 atom stereocenters. The van der Waals surface area contributed by atoms with Crippen LogP contribution in [-0.2, 0) is 19.9 Å². The van der Waals surface area contributed by atoms with E-state index in [4.69, 9.17) is 0 Å². The number of aliphatic hydroxyl groups is 1. The summed E-state index contributed by atoms with van der Waals surface area (Å²) in [5.41, 5.74) is 0.322. The number of anilines is 1. The number of aliphatic hydroxyl groups excluding tert-OH is 1. The lowest BCUT2D eigenvalue weighted by Crippen LogP contribution is -2.46. The van der Waals surface area contributed by atoms with Crippen molar-refractivity contribution in [1.82, 2.24) is 0 Å². The lowest BCUT2D eigenvalue weighted by atomic mass is 10.2. The maximum Gasteiger partial charge on any atom is 0.264 e. The molecule has 1 aliphatic rings. The molecule has 2 aromatic carbocycles. The van der Waals surface area contributed by atoms with E-state index in [1.807, 2.05) is 0 Å². The predicted octanol–water partition coefficient (Wildman–Crippen LogP) is 1.04. The third kappa shape index (κ3) is 3.17. The van der Waals surface area contributed by atoms with Crippen LogP contribution < -0.4 is 4.31 Å². The summed E-state index contributed by atoms with van der Waals surface area (Å²) in [6.45, 7) is 0. The first kappa shape index (κ1) is 16.9. The van der Waals surface area contributed by atoms with Crippen molar-refractivity contribution >= 4 is 25.5 Å². The lowest BCUT2D eigenvalue weighted by Gasteiger charge is -2.31. The van der Waals surface area contributed by atoms with Crippen molar-refractivity contribution in [3.05, 3.63) is 60.7 Å². The molecule has 1 fully saturated rings. The summed E-state index contributed by atoms with van der Waals surface area (Å²) in [7, 11) is -7.51. The van der Waals surface area contributed by atoms with Gasteiger partial charge in [-0.05, 0) is 24.3 Å². The molecule has 0 aliphatic carbocycles. The molecule has 1 aliphatic heterocycles. The van der Waals surface area contributed by atoms with Gasteiger partial charge in [0.25, 0.3) is 10.0 Å². The molecular weight excluding hydrogens is 350 g/mol. The molecule has 0 bridgehead atoms. The number of nitrogens with zero attached hydrogens (tertiary/aromatic N) is 1. The van der Waals surface area contributed by atoms with Crippen molar-refractivity contribution in [1.29, 1.82) is 0 Å². The Balaban J connectivity index is 2.14. The Bertz CT molecular complexity index is 911. The quantitative estimate of drug-likeness (QED) is 0.872. The highest BCUT2D eigenvalue weighted by molar-refractivity contribution is 7.93. The second kappa shape index (κ2) is 6.19. The molecule has 1 saturated heterocycles. The minimum Gasteiger partial charge on any atom is -0.390 e. The molecule has 2 unspecified atom stereocenters. The SMILES string of the molecule is O=S1(=O)CC(O)C(N(c2ccccc2)S(=O)(=O)c2ccccc2)C1. The first-order valence-corrected chi connectivity index (χ1v) is 10.6. The highest BCUT2D eigenvalue weighted by atomic mass is 32.2. The summed E-state index contributed by atoms with van der Waals surface area (Å²) in [6.07, 6.45) is -1.27. The van der Waals surface area contributed by atoms with Gasteiger partial charge in [0.2, 0.25) is 0 Å². The van der Waals surface area contributed by atoms with Crippen molar-refractivity contribution < 1.29 is 21.9 Å². The van der Waals surface area contributed by atoms with E-state index in [1.165, 1.54) is 12.1 Å². The van der Waals surface area contributed by atoms with Gasteiger partial charge in [0, 0.05) is 0 Å². The molecule has 0 saturated carbocycles. The van der Waals surface area contributed by atoms with Crippen LogP contribution in [0.4, 0.5) is 5.69 Å². The smallest absolute Gasteiger partial charge is 0.264 e. The maximum atomic E-state index is 13.1. The largest absolute Gasteiger partial charge is 0.390 e. The average Bonchev–Trinajstić information content (AvgIpc) is 2.82. The topological polar surface area (TPSA) is 91.8 Å². The first-order valence-electron chi connectivity index (χ1n) is 7.34. The Hall–Kier alpha value is -1.90. The van der Waals surface area contributed by atoms with Crippen LogP contribution in [-0.4, -0.2) is 45.6 Å². The van der Waals surface area contributed by atoms with Crippen LogP contribution in [0.1, 0.15) is 0 Å². The van der Waals surface area contributed by atoms with E-state index in [2.05, 4.69) is 0 Å². The molecule has 0 spiro atoms. The molecule has 2 aromatic rings. The normalized spacial score (nSPS) is 23.0. The van der Waals surface area contributed by atoms with Crippen LogP contribution in [0.25, 0.3) is 0 Å². The molecule has 1 heterocycles. The number of sulfonamides is 1. The number of hydrogen-bond donors (Lipinski definition) is 1. The standard InChI is InChI=1S/C16H17NO5S2/c18-16-12-23(19,20)11-15(16)17(13-7-3-1-4-8-13)24(21,22)14-9-5-2-6-10-14/h1-10,15-16,18H,11-12H2. The van der Waals surface area contributed by atoms with Gasteiger partial charge in [-0.3, -0.25) is 4.31 Å². The summed E-state index contributed by atoms with van der Waals surface area (Å²) < 4.78 is 51.0. The fraction of sp³-hybridized carbons (Fsp3) is 0.250. The molecule has 1 N–H and O–H groups in total. The zero-order chi connectivity index (χ0) is 17.4. The van der Waals surface area contributed by atoms with Gasteiger partial charge < -0.3 is 5.11 Å². The Kier molecular flexibility index (Phi) is 4.37. The highest BCUT2D eigenvalue weighted by Gasteiger charge is 2.44. The van der Waals surface area contributed by atoms with E-state index in [-0.39, 0.29) is 4.90 Å². The van der Waals surface area contributed by atoms with Crippen LogP contribution >= 0.6 is 0 Å². The molecule has 0 radical (unpaired) electrons. The van der Waals surface area contributed by atoms with E-state index in [9.17, 15) is 21.9 Å². The van der Waals surface area contributed by atoms with Gasteiger partial charge in [-0.1, -0.05) is 36.4 Å². The van der Waals surface area contributed by atoms with Crippen molar-refractivity contribution in [2.24, 2.45) is 0 Å². The second-order valence-electron chi connectivity index (χ2n) is 5.66. The molecule has 0 amide bonds. The van der Waals surface area contributed by atoms with Crippen LogP contribution in [0.15, 0.2) is 65.6 Å². The summed E-state index contributed by atoms with van der Waals surface area (Å²) in [6, 6.07) is 15.0. The zero-order valence-corrected chi connectivity index (χ0v) is 14.3. The van der Waals surface area contributed by atoms with Gasteiger partial charge in [0.05, 0.1) is 34.2 Å². The van der Waals surface area contributed by atoms with E-state index in [0.717, 1.165) is 4.31 Å². The Labute approximate surface area is 141 Å². The first-order chi connectivity index (χ1) is 11.3. The van der Waals surface area contributed by atoms with Gasteiger partial charge >= 0.3 is 0 Å². The average molecular weight is 367 g/mol. The molecule has 0 aromatic heterocycles. The molecule has 3 rings (SSSR count). The molecule has 8 heteroatoms. The van der Waals surface area contributed by atoms with Gasteiger partial charge in [-0.15, -0.1) is 0 Å². The van der Waals surface area contributed by atoms with Gasteiger partial charge in [-0.25, -0.2) is 16.8 Å².